The molecule has 0 aliphatic carbocycles. The van der Waals surface area contributed by atoms with Crippen molar-refractivity contribution in [3.8, 4) is 11.5 Å². The lowest BCUT2D eigenvalue weighted by Gasteiger charge is -2.13. The molecule has 7 heteroatoms. The Labute approximate surface area is 195 Å². The number of anilines is 1. The fraction of sp³-hybridized carbons (Fsp3) is 0.120. The first-order valence-corrected chi connectivity index (χ1v) is 10.6. The van der Waals surface area contributed by atoms with Crippen molar-refractivity contribution in [2.75, 3.05) is 19.5 Å². The van der Waals surface area contributed by atoms with E-state index in [1.54, 1.807) is 61.7 Å². The number of amides is 2. The first kappa shape index (κ1) is 23.1. The van der Waals surface area contributed by atoms with Crippen molar-refractivity contribution < 1.29 is 19.1 Å². The van der Waals surface area contributed by atoms with E-state index in [0.29, 0.717) is 32.8 Å². The summed E-state index contributed by atoms with van der Waals surface area (Å²) in [6.07, 6.45) is 1.58. The van der Waals surface area contributed by atoms with Crippen LogP contribution in [0.25, 0.3) is 6.08 Å². The van der Waals surface area contributed by atoms with Crippen LogP contribution in [0.1, 0.15) is 21.5 Å². The van der Waals surface area contributed by atoms with Gasteiger partial charge in [-0.25, -0.2) is 0 Å². The first-order valence-electron chi connectivity index (χ1n) is 9.79. The normalized spacial score (nSPS) is 10.9. The number of benzene rings is 3. The van der Waals surface area contributed by atoms with E-state index in [-0.39, 0.29) is 5.70 Å². The molecule has 2 amide bonds. The number of carbonyl (C=O) groups excluding carboxylic acids is 2. The molecule has 0 fully saturated rings. The van der Waals surface area contributed by atoms with E-state index in [1.165, 1.54) is 7.11 Å². The number of hydrogen-bond acceptors (Lipinski definition) is 4. The molecule has 0 heterocycles. The smallest absolute Gasteiger partial charge is 0.272 e. The van der Waals surface area contributed by atoms with Crippen LogP contribution < -0.4 is 20.1 Å². The molecule has 6 nitrogen and oxygen atoms in total. The fourth-order valence-corrected chi connectivity index (χ4v) is 3.40. The molecule has 0 saturated carbocycles. The number of ether oxygens (including phenoxy) is 2. The molecule has 0 aromatic heterocycles. The molecule has 3 aromatic rings. The molecule has 3 aromatic carbocycles. The van der Waals surface area contributed by atoms with E-state index < -0.39 is 11.8 Å². The lowest BCUT2D eigenvalue weighted by Crippen LogP contribution is -2.31. The van der Waals surface area contributed by atoms with Crippen LogP contribution in [-0.4, -0.2) is 26.0 Å². The maximum absolute atomic E-state index is 13.1. The quantitative estimate of drug-likeness (QED) is 0.443. The van der Waals surface area contributed by atoms with E-state index in [4.69, 9.17) is 9.47 Å². The summed E-state index contributed by atoms with van der Waals surface area (Å²) in [5.41, 5.74) is 2.84. The summed E-state index contributed by atoms with van der Waals surface area (Å²) in [4.78, 5) is 26.0. The zero-order valence-corrected chi connectivity index (χ0v) is 19.5. The Bertz CT molecular complexity index is 1160. The Morgan fingerprint density at radius 2 is 1.59 bits per heavy atom. The highest BCUT2D eigenvalue weighted by Gasteiger charge is 2.17. The molecule has 3 rings (SSSR count). The van der Waals surface area contributed by atoms with Gasteiger partial charge >= 0.3 is 0 Å². The van der Waals surface area contributed by atoms with E-state index in [9.17, 15) is 9.59 Å². The third kappa shape index (κ3) is 5.76. The van der Waals surface area contributed by atoms with Crippen molar-refractivity contribution in [1.82, 2.24) is 5.32 Å². The van der Waals surface area contributed by atoms with Crippen LogP contribution in [0.5, 0.6) is 11.5 Å². The van der Waals surface area contributed by atoms with Crippen molar-refractivity contribution in [3.63, 3.8) is 0 Å². The second-order valence-corrected chi connectivity index (χ2v) is 7.78. The zero-order chi connectivity index (χ0) is 23.1. The predicted octanol–water partition coefficient (Wildman–Crippen LogP) is 5.18. The van der Waals surface area contributed by atoms with Crippen molar-refractivity contribution in [2.45, 2.75) is 6.92 Å². The molecule has 2 N–H and O–H groups in total. The average Bonchev–Trinajstić information content (AvgIpc) is 2.80. The minimum absolute atomic E-state index is 0.0820. The largest absolute Gasteiger partial charge is 0.493 e. The number of carbonyl (C=O) groups is 2. The second-order valence-electron chi connectivity index (χ2n) is 6.93. The van der Waals surface area contributed by atoms with Crippen LogP contribution in [0.4, 0.5) is 5.69 Å². The predicted molar refractivity (Wildman–Crippen MR) is 129 cm³/mol. The molecule has 0 saturated heterocycles. The minimum Gasteiger partial charge on any atom is -0.493 e. The third-order valence-electron chi connectivity index (χ3n) is 4.64. The van der Waals surface area contributed by atoms with Crippen molar-refractivity contribution in [2.24, 2.45) is 0 Å². The molecule has 0 atom stereocenters. The lowest BCUT2D eigenvalue weighted by atomic mass is 10.1. The molecular weight excluding hydrogens is 472 g/mol. The molecule has 32 heavy (non-hydrogen) atoms. The fourth-order valence-electron chi connectivity index (χ4n) is 2.94. The third-order valence-corrected chi connectivity index (χ3v) is 5.33. The summed E-state index contributed by atoms with van der Waals surface area (Å²) in [5, 5.41) is 5.55. The second kappa shape index (κ2) is 10.6. The van der Waals surface area contributed by atoms with Gasteiger partial charge in [-0.05, 0) is 70.9 Å². The zero-order valence-electron chi connectivity index (χ0n) is 17.9. The van der Waals surface area contributed by atoms with E-state index >= 15 is 0 Å². The van der Waals surface area contributed by atoms with E-state index in [0.717, 1.165) is 5.56 Å². The van der Waals surface area contributed by atoms with Gasteiger partial charge in [0, 0.05) is 10.2 Å². The van der Waals surface area contributed by atoms with E-state index in [1.807, 2.05) is 25.1 Å². The summed E-state index contributed by atoms with van der Waals surface area (Å²) in [6, 6.07) is 19.6. The van der Waals surface area contributed by atoms with Crippen LogP contribution in [0, 0.1) is 6.92 Å². The van der Waals surface area contributed by atoms with Gasteiger partial charge < -0.3 is 20.1 Å². The Balaban J connectivity index is 1.95. The number of halogens is 1. The highest BCUT2D eigenvalue weighted by Crippen LogP contribution is 2.28. The standard InChI is InChI=1S/C25H23BrN2O4/c1-16-8-11-18(12-9-16)27-25(30)21(28-24(29)19-6-4-5-7-20(19)26)14-17-10-13-22(31-2)23(15-17)32-3/h4-15H,1-3H3,(H,27,30)(H,28,29). The monoisotopic (exact) mass is 494 g/mol. The highest BCUT2D eigenvalue weighted by molar-refractivity contribution is 9.10. The maximum Gasteiger partial charge on any atom is 0.272 e. The van der Waals surface area contributed by atoms with Crippen molar-refractivity contribution in [1.29, 1.82) is 0 Å². The lowest BCUT2D eigenvalue weighted by molar-refractivity contribution is -0.113. The summed E-state index contributed by atoms with van der Waals surface area (Å²) in [6.45, 7) is 1.96. The molecule has 0 radical (unpaired) electrons. The van der Waals surface area contributed by atoms with Crippen LogP contribution in [0.2, 0.25) is 0 Å². The van der Waals surface area contributed by atoms with Gasteiger partial charge in [0.15, 0.2) is 11.5 Å². The number of rotatable bonds is 7. The molecule has 0 spiro atoms. The minimum atomic E-state index is -0.455. The van der Waals surface area contributed by atoms with Gasteiger partial charge in [0.25, 0.3) is 11.8 Å². The van der Waals surface area contributed by atoms with Gasteiger partial charge in [0.2, 0.25) is 0 Å². The topological polar surface area (TPSA) is 76.7 Å². The average molecular weight is 495 g/mol. The van der Waals surface area contributed by atoms with Gasteiger partial charge in [-0.2, -0.15) is 0 Å². The number of aryl methyl sites for hydroxylation is 1. The summed E-state index contributed by atoms with van der Waals surface area (Å²) in [5.74, 6) is 0.205. The summed E-state index contributed by atoms with van der Waals surface area (Å²) < 4.78 is 11.2. The Morgan fingerprint density at radius 1 is 0.906 bits per heavy atom. The Hall–Kier alpha value is -3.58. The molecular formula is C25H23BrN2O4. The molecule has 0 bridgehead atoms. The van der Waals surface area contributed by atoms with Gasteiger partial charge in [-0.3, -0.25) is 9.59 Å². The maximum atomic E-state index is 13.1. The molecule has 0 aliphatic rings. The molecule has 0 unspecified atom stereocenters. The Morgan fingerprint density at radius 3 is 2.25 bits per heavy atom. The van der Waals surface area contributed by atoms with Gasteiger partial charge in [-0.15, -0.1) is 0 Å². The van der Waals surface area contributed by atoms with Crippen LogP contribution >= 0.6 is 15.9 Å². The van der Waals surface area contributed by atoms with Gasteiger partial charge in [-0.1, -0.05) is 35.9 Å². The van der Waals surface area contributed by atoms with E-state index in [2.05, 4.69) is 26.6 Å². The highest BCUT2D eigenvalue weighted by atomic mass is 79.9. The Kier molecular flexibility index (Phi) is 7.68. The van der Waals surface area contributed by atoms with Crippen molar-refractivity contribution in [3.05, 3.63) is 93.6 Å². The van der Waals surface area contributed by atoms with Gasteiger partial charge in [0.1, 0.15) is 5.70 Å². The van der Waals surface area contributed by atoms with Crippen LogP contribution in [0.3, 0.4) is 0 Å². The summed E-state index contributed by atoms with van der Waals surface area (Å²) >= 11 is 3.37. The van der Waals surface area contributed by atoms with Crippen molar-refractivity contribution >= 4 is 39.5 Å². The molecule has 164 valence electrons. The summed E-state index contributed by atoms with van der Waals surface area (Å²) in [7, 11) is 3.08. The van der Waals surface area contributed by atoms with Crippen LogP contribution in [0.15, 0.2) is 76.9 Å². The van der Waals surface area contributed by atoms with Gasteiger partial charge in [0.05, 0.1) is 19.8 Å². The van der Waals surface area contributed by atoms with Crippen LogP contribution in [-0.2, 0) is 4.79 Å². The first-order chi connectivity index (χ1) is 15.4. The molecule has 0 aliphatic heterocycles. The number of hydrogen-bond donors (Lipinski definition) is 2. The SMILES string of the molecule is COc1ccc(C=C(NC(=O)c2ccccc2Br)C(=O)Nc2ccc(C)cc2)cc1OC. The number of methoxy groups -OCH3 is 2. The number of nitrogens with one attached hydrogen (secondary N) is 2.